The third-order valence-corrected chi connectivity index (χ3v) is 2.05. The molecule has 0 atom stereocenters. The molecule has 78 valence electrons. The van der Waals surface area contributed by atoms with Crippen molar-refractivity contribution in [3.05, 3.63) is 35.9 Å². The van der Waals surface area contributed by atoms with Crippen molar-refractivity contribution in [1.82, 2.24) is 25.3 Å². The van der Waals surface area contributed by atoms with E-state index in [9.17, 15) is 4.79 Å². The average molecular weight is 205 g/mol. The second kappa shape index (κ2) is 3.95. The van der Waals surface area contributed by atoms with Crippen LogP contribution < -0.4 is 5.32 Å². The largest absolute Gasteiger partial charge is 0.345 e. The van der Waals surface area contributed by atoms with E-state index in [0.29, 0.717) is 12.2 Å². The van der Waals surface area contributed by atoms with E-state index in [1.54, 1.807) is 25.5 Å². The predicted molar refractivity (Wildman–Crippen MR) is 53.0 cm³/mol. The van der Waals surface area contributed by atoms with Crippen molar-refractivity contribution in [2.45, 2.75) is 6.54 Å². The lowest BCUT2D eigenvalue weighted by molar-refractivity contribution is 0.0941. The zero-order valence-electron chi connectivity index (χ0n) is 8.27. The molecular weight excluding hydrogens is 194 g/mol. The summed E-state index contributed by atoms with van der Waals surface area (Å²) in [6.45, 7) is 0.435. The SMILES string of the molecule is Cn1nccc1C(=O)NCc1ccn[nH]1. The van der Waals surface area contributed by atoms with Gasteiger partial charge in [-0.2, -0.15) is 10.2 Å². The second-order valence-corrected chi connectivity index (χ2v) is 3.10. The molecule has 0 saturated carbocycles. The summed E-state index contributed by atoms with van der Waals surface area (Å²) >= 11 is 0. The number of hydrogen-bond acceptors (Lipinski definition) is 3. The Balaban J connectivity index is 1.96. The predicted octanol–water partition coefficient (Wildman–Crippen LogP) is 0.0732. The van der Waals surface area contributed by atoms with E-state index >= 15 is 0 Å². The summed E-state index contributed by atoms with van der Waals surface area (Å²) in [7, 11) is 1.73. The summed E-state index contributed by atoms with van der Waals surface area (Å²) in [6, 6.07) is 3.48. The molecule has 15 heavy (non-hydrogen) atoms. The van der Waals surface area contributed by atoms with Crippen molar-refractivity contribution in [1.29, 1.82) is 0 Å². The summed E-state index contributed by atoms with van der Waals surface area (Å²) in [6.07, 6.45) is 3.23. The van der Waals surface area contributed by atoms with E-state index < -0.39 is 0 Å². The maximum Gasteiger partial charge on any atom is 0.269 e. The Morgan fingerprint density at radius 1 is 1.53 bits per heavy atom. The van der Waals surface area contributed by atoms with Crippen LogP contribution in [0.15, 0.2) is 24.5 Å². The van der Waals surface area contributed by atoms with E-state index in [0.717, 1.165) is 5.69 Å². The molecule has 0 spiro atoms. The Morgan fingerprint density at radius 3 is 3.00 bits per heavy atom. The fourth-order valence-corrected chi connectivity index (χ4v) is 1.25. The normalized spacial score (nSPS) is 10.2. The Labute approximate surface area is 86.3 Å². The summed E-state index contributed by atoms with van der Waals surface area (Å²) < 4.78 is 1.53. The Bertz CT molecular complexity index is 445. The molecule has 0 aliphatic carbocycles. The van der Waals surface area contributed by atoms with Gasteiger partial charge in [-0.25, -0.2) is 0 Å². The number of H-pyrrole nitrogens is 1. The minimum atomic E-state index is -0.149. The van der Waals surface area contributed by atoms with Crippen molar-refractivity contribution >= 4 is 5.91 Å². The number of aryl methyl sites for hydroxylation is 1. The standard InChI is InChI=1S/C9H11N5O/c1-14-8(3-5-12-14)9(15)10-6-7-2-4-11-13-7/h2-5H,6H2,1H3,(H,10,15)(H,11,13). The van der Waals surface area contributed by atoms with E-state index in [-0.39, 0.29) is 5.91 Å². The van der Waals surface area contributed by atoms with Crippen molar-refractivity contribution < 1.29 is 4.79 Å². The second-order valence-electron chi connectivity index (χ2n) is 3.10. The van der Waals surface area contributed by atoms with E-state index in [2.05, 4.69) is 20.6 Å². The van der Waals surface area contributed by atoms with E-state index in [1.165, 1.54) is 4.68 Å². The summed E-state index contributed by atoms with van der Waals surface area (Å²) in [5.74, 6) is -0.149. The van der Waals surface area contributed by atoms with Crippen LogP contribution in [0.1, 0.15) is 16.2 Å². The molecule has 0 aromatic carbocycles. The smallest absolute Gasteiger partial charge is 0.269 e. The average Bonchev–Trinajstić information content (AvgIpc) is 2.84. The maximum absolute atomic E-state index is 11.6. The van der Waals surface area contributed by atoms with Crippen molar-refractivity contribution in [2.75, 3.05) is 0 Å². The molecule has 6 heteroatoms. The highest BCUT2D eigenvalue weighted by Crippen LogP contribution is 1.97. The fourth-order valence-electron chi connectivity index (χ4n) is 1.25. The summed E-state index contributed by atoms with van der Waals surface area (Å²) in [5, 5.41) is 13.2. The number of nitrogens with zero attached hydrogens (tertiary/aromatic N) is 3. The van der Waals surface area contributed by atoms with Gasteiger partial charge in [-0.3, -0.25) is 14.6 Å². The molecule has 0 fully saturated rings. The van der Waals surface area contributed by atoms with E-state index in [4.69, 9.17) is 0 Å². The monoisotopic (exact) mass is 205 g/mol. The number of amides is 1. The Hall–Kier alpha value is -2.11. The lowest BCUT2D eigenvalue weighted by atomic mass is 10.3. The maximum atomic E-state index is 11.6. The van der Waals surface area contributed by atoms with Crippen LogP contribution in [0.3, 0.4) is 0 Å². The third kappa shape index (κ3) is 2.04. The minimum Gasteiger partial charge on any atom is -0.345 e. The number of hydrogen-bond donors (Lipinski definition) is 2. The first kappa shape index (κ1) is 9.45. The van der Waals surface area contributed by atoms with Crippen LogP contribution in [-0.4, -0.2) is 25.9 Å². The van der Waals surface area contributed by atoms with Crippen LogP contribution in [0.5, 0.6) is 0 Å². The Morgan fingerprint density at radius 2 is 2.40 bits per heavy atom. The third-order valence-electron chi connectivity index (χ3n) is 2.05. The molecule has 0 unspecified atom stereocenters. The van der Waals surface area contributed by atoms with Gasteiger partial charge in [-0.05, 0) is 12.1 Å². The van der Waals surface area contributed by atoms with Gasteiger partial charge in [-0.15, -0.1) is 0 Å². The number of aromatic amines is 1. The molecule has 2 rings (SSSR count). The molecular formula is C9H11N5O. The lowest BCUT2D eigenvalue weighted by Gasteiger charge is -2.03. The van der Waals surface area contributed by atoms with Gasteiger partial charge < -0.3 is 5.32 Å². The van der Waals surface area contributed by atoms with Crippen LogP contribution in [0, 0.1) is 0 Å². The first-order valence-electron chi connectivity index (χ1n) is 4.52. The van der Waals surface area contributed by atoms with Crippen molar-refractivity contribution in [3.63, 3.8) is 0 Å². The number of carbonyl (C=O) groups is 1. The first-order valence-corrected chi connectivity index (χ1v) is 4.52. The highest BCUT2D eigenvalue weighted by molar-refractivity contribution is 5.92. The van der Waals surface area contributed by atoms with Crippen LogP contribution in [0.25, 0.3) is 0 Å². The number of carbonyl (C=O) groups excluding carboxylic acids is 1. The zero-order valence-corrected chi connectivity index (χ0v) is 8.27. The van der Waals surface area contributed by atoms with Gasteiger partial charge in [-0.1, -0.05) is 0 Å². The molecule has 0 aliphatic heterocycles. The van der Waals surface area contributed by atoms with Crippen molar-refractivity contribution in [2.24, 2.45) is 7.05 Å². The van der Waals surface area contributed by atoms with Crippen LogP contribution >= 0.6 is 0 Å². The highest BCUT2D eigenvalue weighted by atomic mass is 16.2. The van der Waals surface area contributed by atoms with Gasteiger partial charge in [0, 0.05) is 19.4 Å². The number of nitrogens with one attached hydrogen (secondary N) is 2. The van der Waals surface area contributed by atoms with Gasteiger partial charge in [0.25, 0.3) is 5.91 Å². The molecule has 2 aromatic rings. The van der Waals surface area contributed by atoms with Crippen LogP contribution in [0.2, 0.25) is 0 Å². The lowest BCUT2D eigenvalue weighted by Crippen LogP contribution is -2.25. The quantitative estimate of drug-likeness (QED) is 0.744. The molecule has 2 aromatic heterocycles. The van der Waals surface area contributed by atoms with Gasteiger partial charge in [0.15, 0.2) is 0 Å². The van der Waals surface area contributed by atoms with Gasteiger partial charge in [0.1, 0.15) is 5.69 Å². The van der Waals surface area contributed by atoms with Crippen LogP contribution in [-0.2, 0) is 13.6 Å². The molecule has 0 bridgehead atoms. The number of rotatable bonds is 3. The first-order chi connectivity index (χ1) is 7.27. The zero-order chi connectivity index (χ0) is 10.7. The fraction of sp³-hybridized carbons (Fsp3) is 0.222. The van der Waals surface area contributed by atoms with Gasteiger partial charge in [0.2, 0.25) is 0 Å². The molecule has 1 amide bonds. The summed E-state index contributed by atoms with van der Waals surface area (Å²) in [5.41, 5.74) is 1.40. The minimum absolute atomic E-state index is 0.149. The molecule has 2 heterocycles. The van der Waals surface area contributed by atoms with Gasteiger partial charge >= 0.3 is 0 Å². The molecule has 2 N–H and O–H groups in total. The molecule has 6 nitrogen and oxygen atoms in total. The van der Waals surface area contributed by atoms with Crippen LogP contribution in [0.4, 0.5) is 0 Å². The van der Waals surface area contributed by atoms with E-state index in [1.807, 2.05) is 6.07 Å². The molecule has 0 saturated heterocycles. The molecule has 0 radical (unpaired) electrons. The number of aromatic nitrogens is 4. The Kier molecular flexibility index (Phi) is 2.49. The topological polar surface area (TPSA) is 75.6 Å². The molecule has 0 aliphatic rings. The highest BCUT2D eigenvalue weighted by Gasteiger charge is 2.08. The summed E-state index contributed by atoms with van der Waals surface area (Å²) in [4.78, 5) is 11.6. The van der Waals surface area contributed by atoms with Crippen molar-refractivity contribution in [3.8, 4) is 0 Å². The van der Waals surface area contributed by atoms with Gasteiger partial charge in [0.05, 0.1) is 12.2 Å².